The molecule has 3 nitrogen and oxygen atoms in total. The van der Waals surface area contributed by atoms with Crippen LogP contribution in [0.3, 0.4) is 0 Å². The van der Waals surface area contributed by atoms with Crippen molar-refractivity contribution in [3.05, 3.63) is 0 Å². The Morgan fingerprint density at radius 2 is 2.00 bits per heavy atom. The molecule has 0 bridgehead atoms. The van der Waals surface area contributed by atoms with Gasteiger partial charge in [0.15, 0.2) is 0 Å². The van der Waals surface area contributed by atoms with Crippen molar-refractivity contribution in [3.8, 4) is 0 Å². The minimum atomic E-state index is -0.200. The molecule has 4 N–H and O–H groups in total. The van der Waals surface area contributed by atoms with Gasteiger partial charge in [0.05, 0.1) is 5.60 Å². The molecule has 4 heteroatoms. The molecule has 3 radical (unpaired) electrons. The Morgan fingerprint density at radius 1 is 1.50 bits per heavy atom. The van der Waals surface area contributed by atoms with E-state index in [0.29, 0.717) is 12.5 Å². The summed E-state index contributed by atoms with van der Waals surface area (Å²) < 4.78 is 5.11. The topological polar surface area (TPSA) is 61.3 Å². The molecule has 0 saturated heterocycles. The number of rotatable bonds is 5. The predicted molar refractivity (Wildman–Crippen MR) is 51.7 cm³/mol. The van der Waals surface area contributed by atoms with Crippen molar-refractivity contribution < 1.29 is 4.43 Å². The van der Waals surface area contributed by atoms with Gasteiger partial charge in [0.25, 0.3) is 0 Å². The van der Waals surface area contributed by atoms with Gasteiger partial charge in [0.2, 0.25) is 10.5 Å². The fraction of sp³-hybridized carbons (Fsp3) is 1.00. The highest BCUT2D eigenvalue weighted by molar-refractivity contribution is 5.98. The first-order valence-corrected chi connectivity index (χ1v) is 4.64. The van der Waals surface area contributed by atoms with Gasteiger partial charge in [-0.15, -0.1) is 0 Å². The minimum Gasteiger partial charge on any atom is -0.414 e. The molecule has 0 aliphatic heterocycles. The highest BCUT2D eigenvalue weighted by atomic mass is 28.2. The predicted octanol–water partition coefficient (Wildman–Crippen LogP) is 0.177. The van der Waals surface area contributed by atoms with E-state index in [2.05, 4.69) is 10.5 Å². The SMILES string of the molecule is CC(N)C(CN)CC(C)(C)O[Si]. The van der Waals surface area contributed by atoms with Crippen molar-refractivity contribution in [1.82, 2.24) is 0 Å². The monoisotopic (exact) mass is 187 g/mol. The zero-order chi connectivity index (χ0) is 9.78. The van der Waals surface area contributed by atoms with E-state index in [1.165, 1.54) is 0 Å². The summed E-state index contributed by atoms with van der Waals surface area (Å²) >= 11 is 0. The highest BCUT2D eigenvalue weighted by Gasteiger charge is 2.23. The maximum absolute atomic E-state index is 5.76. The van der Waals surface area contributed by atoms with Gasteiger partial charge >= 0.3 is 0 Å². The van der Waals surface area contributed by atoms with E-state index >= 15 is 0 Å². The third-order valence-corrected chi connectivity index (χ3v) is 2.63. The summed E-state index contributed by atoms with van der Waals surface area (Å²) in [5.74, 6) is 0.316. The molecule has 0 fully saturated rings. The summed E-state index contributed by atoms with van der Waals surface area (Å²) in [5.41, 5.74) is 11.1. The summed E-state index contributed by atoms with van der Waals surface area (Å²) in [4.78, 5) is 0. The highest BCUT2D eigenvalue weighted by Crippen LogP contribution is 2.20. The van der Waals surface area contributed by atoms with Crippen molar-refractivity contribution in [1.29, 1.82) is 0 Å². The molecule has 0 rings (SSSR count). The molecule has 0 heterocycles. The van der Waals surface area contributed by atoms with Crippen LogP contribution in [-0.4, -0.2) is 28.7 Å². The molecule has 0 aliphatic rings. The Balaban J connectivity index is 4.01. The van der Waals surface area contributed by atoms with E-state index in [-0.39, 0.29) is 11.6 Å². The van der Waals surface area contributed by atoms with Gasteiger partial charge in [-0.3, -0.25) is 0 Å². The molecule has 2 unspecified atom stereocenters. The smallest absolute Gasteiger partial charge is 0.246 e. The Labute approximate surface area is 78.4 Å². The van der Waals surface area contributed by atoms with E-state index in [1.54, 1.807) is 0 Å². The van der Waals surface area contributed by atoms with Gasteiger partial charge in [-0.2, -0.15) is 0 Å². The standard InChI is InChI=1S/C8H19N2OSi/c1-6(10)7(5-9)4-8(2,3)11-12/h6-7H,4-5,9-10H2,1-3H3. The van der Waals surface area contributed by atoms with Crippen LogP contribution in [0.4, 0.5) is 0 Å². The van der Waals surface area contributed by atoms with Crippen LogP contribution in [0.25, 0.3) is 0 Å². The van der Waals surface area contributed by atoms with Crippen molar-refractivity contribution in [3.63, 3.8) is 0 Å². The molecule has 0 aromatic carbocycles. The average molecular weight is 187 g/mol. The molecule has 12 heavy (non-hydrogen) atoms. The fourth-order valence-electron chi connectivity index (χ4n) is 1.16. The first kappa shape index (κ1) is 12.1. The average Bonchev–Trinajstić information content (AvgIpc) is 2.00. The van der Waals surface area contributed by atoms with E-state index in [0.717, 1.165) is 6.42 Å². The summed E-state index contributed by atoms with van der Waals surface area (Å²) in [5, 5.41) is 0. The lowest BCUT2D eigenvalue weighted by molar-refractivity contribution is 0.0876. The number of nitrogens with two attached hydrogens (primary N) is 2. The molecule has 0 amide bonds. The van der Waals surface area contributed by atoms with Crippen LogP contribution >= 0.6 is 0 Å². The van der Waals surface area contributed by atoms with Gasteiger partial charge < -0.3 is 15.9 Å². The molecular weight excluding hydrogens is 168 g/mol. The summed E-state index contributed by atoms with van der Waals surface area (Å²) in [7, 11) is 3.04. The molecular formula is C8H19N2OSi. The first-order chi connectivity index (χ1) is 5.43. The second-order valence-electron chi connectivity index (χ2n) is 3.92. The van der Waals surface area contributed by atoms with Crippen molar-refractivity contribution in [2.75, 3.05) is 6.54 Å². The minimum absolute atomic E-state index is 0.121. The van der Waals surface area contributed by atoms with Crippen molar-refractivity contribution >= 4 is 10.5 Å². The third-order valence-electron chi connectivity index (χ3n) is 2.08. The van der Waals surface area contributed by atoms with Gasteiger partial charge in [-0.25, -0.2) is 0 Å². The van der Waals surface area contributed by atoms with Gasteiger partial charge in [0.1, 0.15) is 0 Å². The van der Waals surface area contributed by atoms with Gasteiger partial charge in [-0.1, -0.05) is 0 Å². The Kier molecular flexibility index (Phi) is 5.00. The second-order valence-corrected chi connectivity index (χ2v) is 4.12. The lowest BCUT2D eigenvalue weighted by Gasteiger charge is -2.30. The summed E-state index contributed by atoms with van der Waals surface area (Å²) in [6.45, 7) is 6.59. The Hall–Kier alpha value is 0.0969. The van der Waals surface area contributed by atoms with Crippen LogP contribution in [0.1, 0.15) is 27.2 Å². The first-order valence-electron chi connectivity index (χ1n) is 4.23. The third kappa shape index (κ3) is 4.20. The van der Waals surface area contributed by atoms with Crippen LogP contribution in [0.2, 0.25) is 0 Å². The molecule has 0 saturated carbocycles. The summed E-state index contributed by atoms with van der Waals surface area (Å²) in [6.07, 6.45) is 0.866. The second kappa shape index (κ2) is 4.96. The van der Waals surface area contributed by atoms with Crippen molar-refractivity contribution in [2.45, 2.75) is 38.8 Å². The van der Waals surface area contributed by atoms with E-state index in [1.807, 2.05) is 20.8 Å². The van der Waals surface area contributed by atoms with Crippen LogP contribution in [0, 0.1) is 5.92 Å². The molecule has 0 aromatic heterocycles. The lowest BCUT2D eigenvalue weighted by Crippen LogP contribution is -2.38. The maximum atomic E-state index is 5.76. The van der Waals surface area contributed by atoms with Crippen LogP contribution in [0.5, 0.6) is 0 Å². The van der Waals surface area contributed by atoms with E-state index < -0.39 is 0 Å². The quantitative estimate of drug-likeness (QED) is 0.604. The van der Waals surface area contributed by atoms with Crippen LogP contribution in [-0.2, 0) is 4.43 Å². The van der Waals surface area contributed by atoms with Crippen LogP contribution in [0.15, 0.2) is 0 Å². The zero-order valence-electron chi connectivity index (χ0n) is 8.13. The lowest BCUT2D eigenvalue weighted by atomic mass is 9.89. The molecule has 0 aromatic rings. The Bertz CT molecular complexity index is 128. The normalized spacial score (nSPS) is 17.5. The number of hydrogen-bond donors (Lipinski definition) is 2. The van der Waals surface area contributed by atoms with Gasteiger partial charge in [-0.05, 0) is 39.7 Å². The molecule has 0 spiro atoms. The van der Waals surface area contributed by atoms with Crippen molar-refractivity contribution in [2.24, 2.45) is 17.4 Å². The maximum Gasteiger partial charge on any atom is 0.246 e. The molecule has 71 valence electrons. The largest absolute Gasteiger partial charge is 0.414 e. The molecule has 0 aliphatic carbocycles. The summed E-state index contributed by atoms with van der Waals surface area (Å²) in [6, 6.07) is 0.121. The Morgan fingerprint density at radius 3 is 2.25 bits per heavy atom. The number of hydrogen-bond acceptors (Lipinski definition) is 3. The van der Waals surface area contributed by atoms with E-state index in [9.17, 15) is 0 Å². The molecule has 2 atom stereocenters. The van der Waals surface area contributed by atoms with E-state index in [4.69, 9.17) is 15.9 Å². The van der Waals surface area contributed by atoms with Crippen LogP contribution < -0.4 is 11.5 Å². The zero-order valence-corrected chi connectivity index (χ0v) is 9.13. The fourth-order valence-corrected chi connectivity index (χ4v) is 1.24. The van der Waals surface area contributed by atoms with Gasteiger partial charge in [0, 0.05) is 6.04 Å².